The number of hydrogen-bond donors (Lipinski definition) is 0. The van der Waals surface area contributed by atoms with Crippen LogP contribution in [0.4, 0.5) is 5.95 Å². The summed E-state index contributed by atoms with van der Waals surface area (Å²) < 4.78 is 4.41. The maximum Gasteiger partial charge on any atom is 0.227 e. The molecule has 0 spiro atoms. The molecule has 152 valence electrons. The lowest BCUT2D eigenvalue weighted by Gasteiger charge is -2.35. The van der Waals surface area contributed by atoms with E-state index in [0.717, 1.165) is 44.8 Å². The molecule has 2 aromatic rings. The van der Waals surface area contributed by atoms with Gasteiger partial charge in [0.05, 0.1) is 17.3 Å². The SMILES string of the molecule is C=CCC(C)(C)Cn1c(C2CCC2)nnc1N1CCC(n2cc(Cl)cn2)CC1. The fraction of sp³-hybridized carbons (Fsp3) is 0.667. The van der Waals surface area contributed by atoms with Crippen LogP contribution in [-0.4, -0.2) is 37.6 Å². The van der Waals surface area contributed by atoms with Crippen LogP contribution >= 0.6 is 11.6 Å². The van der Waals surface area contributed by atoms with Crippen molar-refractivity contribution in [3.63, 3.8) is 0 Å². The summed E-state index contributed by atoms with van der Waals surface area (Å²) >= 11 is 6.04. The van der Waals surface area contributed by atoms with E-state index < -0.39 is 0 Å². The van der Waals surface area contributed by atoms with Gasteiger partial charge in [0, 0.05) is 31.7 Å². The fourth-order valence-electron chi connectivity index (χ4n) is 4.39. The molecule has 3 heterocycles. The van der Waals surface area contributed by atoms with E-state index in [1.807, 2.05) is 17.0 Å². The number of allylic oxidation sites excluding steroid dienone is 1. The van der Waals surface area contributed by atoms with Crippen LogP contribution in [0.5, 0.6) is 0 Å². The molecule has 0 unspecified atom stereocenters. The molecule has 1 saturated carbocycles. The van der Waals surface area contributed by atoms with Gasteiger partial charge in [-0.3, -0.25) is 9.25 Å². The molecule has 0 N–H and O–H groups in total. The summed E-state index contributed by atoms with van der Waals surface area (Å²) in [6.45, 7) is 11.4. The molecule has 1 aliphatic carbocycles. The number of piperidine rings is 1. The van der Waals surface area contributed by atoms with Gasteiger partial charge in [0.15, 0.2) is 0 Å². The van der Waals surface area contributed by atoms with Gasteiger partial charge in [-0.25, -0.2) is 0 Å². The van der Waals surface area contributed by atoms with Crippen LogP contribution in [0.1, 0.15) is 70.2 Å². The minimum absolute atomic E-state index is 0.140. The molecule has 0 amide bonds. The lowest BCUT2D eigenvalue weighted by molar-refractivity contribution is 0.289. The van der Waals surface area contributed by atoms with Crippen LogP contribution in [0.3, 0.4) is 0 Å². The first kappa shape index (κ1) is 19.5. The van der Waals surface area contributed by atoms with E-state index in [0.29, 0.717) is 17.0 Å². The molecule has 2 aromatic heterocycles. The highest BCUT2D eigenvalue weighted by Gasteiger charge is 2.32. The van der Waals surface area contributed by atoms with Crippen LogP contribution < -0.4 is 4.90 Å². The van der Waals surface area contributed by atoms with Crippen molar-refractivity contribution >= 4 is 17.5 Å². The van der Waals surface area contributed by atoms with E-state index >= 15 is 0 Å². The summed E-state index contributed by atoms with van der Waals surface area (Å²) in [6, 6.07) is 0.406. The summed E-state index contributed by atoms with van der Waals surface area (Å²) in [4.78, 5) is 2.40. The van der Waals surface area contributed by atoms with E-state index in [-0.39, 0.29) is 5.41 Å². The molecule has 7 heteroatoms. The van der Waals surface area contributed by atoms with Crippen LogP contribution in [0.15, 0.2) is 25.0 Å². The first-order chi connectivity index (χ1) is 13.5. The predicted molar refractivity (Wildman–Crippen MR) is 113 cm³/mol. The molecule has 4 rings (SSSR count). The molecule has 28 heavy (non-hydrogen) atoms. The third-order valence-corrected chi connectivity index (χ3v) is 6.40. The lowest BCUT2D eigenvalue weighted by atomic mass is 9.84. The van der Waals surface area contributed by atoms with Gasteiger partial charge >= 0.3 is 0 Å². The second-order valence-electron chi connectivity index (χ2n) is 9.09. The van der Waals surface area contributed by atoms with Gasteiger partial charge in [-0.1, -0.05) is 37.9 Å². The first-order valence-corrected chi connectivity index (χ1v) is 10.8. The number of hydrogen-bond acceptors (Lipinski definition) is 4. The average molecular weight is 403 g/mol. The van der Waals surface area contributed by atoms with Crippen molar-refractivity contribution in [1.29, 1.82) is 0 Å². The molecule has 1 aliphatic heterocycles. The van der Waals surface area contributed by atoms with Gasteiger partial charge in [0.25, 0.3) is 0 Å². The van der Waals surface area contributed by atoms with Crippen molar-refractivity contribution in [2.24, 2.45) is 5.41 Å². The molecule has 0 atom stereocenters. The third kappa shape index (κ3) is 3.97. The summed E-state index contributed by atoms with van der Waals surface area (Å²) in [6.07, 6.45) is 12.5. The van der Waals surface area contributed by atoms with Crippen molar-refractivity contribution in [2.45, 2.75) is 70.9 Å². The molecule has 0 aromatic carbocycles. The number of nitrogens with zero attached hydrogens (tertiary/aromatic N) is 6. The molecular weight excluding hydrogens is 372 g/mol. The number of halogens is 1. The number of rotatable bonds is 7. The van der Waals surface area contributed by atoms with E-state index in [2.05, 4.69) is 45.2 Å². The largest absolute Gasteiger partial charge is 0.341 e. The van der Waals surface area contributed by atoms with Crippen molar-refractivity contribution in [3.8, 4) is 0 Å². The summed E-state index contributed by atoms with van der Waals surface area (Å²) in [7, 11) is 0. The number of aromatic nitrogens is 5. The Labute approximate surface area is 172 Å². The highest BCUT2D eigenvalue weighted by Crippen LogP contribution is 2.38. The standard InChI is InChI=1S/C21H31ClN6/c1-4-10-21(2,3)15-27-19(16-6-5-7-16)24-25-20(27)26-11-8-18(9-12-26)28-14-17(22)13-23-28/h4,13-14,16,18H,1,5-12,15H2,2-3H3. The van der Waals surface area contributed by atoms with Gasteiger partial charge < -0.3 is 4.90 Å². The minimum Gasteiger partial charge on any atom is -0.341 e. The Kier molecular flexibility index (Phi) is 5.50. The van der Waals surface area contributed by atoms with E-state index in [1.54, 1.807) is 6.20 Å². The normalized spacial score (nSPS) is 19.0. The van der Waals surface area contributed by atoms with Crippen molar-refractivity contribution in [2.75, 3.05) is 18.0 Å². The molecular formula is C21H31ClN6. The highest BCUT2D eigenvalue weighted by atomic mass is 35.5. The Bertz CT molecular complexity index is 811. The minimum atomic E-state index is 0.140. The second kappa shape index (κ2) is 7.90. The van der Waals surface area contributed by atoms with Crippen molar-refractivity contribution in [1.82, 2.24) is 24.5 Å². The fourth-order valence-corrected chi connectivity index (χ4v) is 4.53. The van der Waals surface area contributed by atoms with Crippen LogP contribution in [-0.2, 0) is 6.54 Å². The Morgan fingerprint density at radius 1 is 1.21 bits per heavy atom. The molecule has 1 saturated heterocycles. The quantitative estimate of drug-likeness (QED) is 0.622. The van der Waals surface area contributed by atoms with Gasteiger partial charge in [-0.05, 0) is 37.5 Å². The number of anilines is 1. The lowest BCUT2D eigenvalue weighted by Crippen LogP contribution is -2.37. The third-order valence-electron chi connectivity index (χ3n) is 6.20. The molecule has 0 bridgehead atoms. The van der Waals surface area contributed by atoms with Gasteiger partial charge in [-0.15, -0.1) is 16.8 Å². The second-order valence-corrected chi connectivity index (χ2v) is 9.52. The maximum absolute atomic E-state index is 6.04. The van der Waals surface area contributed by atoms with Crippen LogP contribution in [0, 0.1) is 5.41 Å². The van der Waals surface area contributed by atoms with Gasteiger partial charge in [-0.2, -0.15) is 5.10 Å². The van der Waals surface area contributed by atoms with E-state index in [4.69, 9.17) is 11.6 Å². The predicted octanol–water partition coefficient (Wildman–Crippen LogP) is 4.84. The maximum atomic E-state index is 6.04. The van der Waals surface area contributed by atoms with Gasteiger partial charge in [0.2, 0.25) is 5.95 Å². The Morgan fingerprint density at radius 3 is 2.54 bits per heavy atom. The molecule has 2 fully saturated rings. The van der Waals surface area contributed by atoms with E-state index in [1.165, 1.54) is 25.1 Å². The molecule has 0 radical (unpaired) electrons. The zero-order valence-electron chi connectivity index (χ0n) is 17.0. The summed E-state index contributed by atoms with van der Waals surface area (Å²) in [5.41, 5.74) is 0.140. The summed E-state index contributed by atoms with van der Waals surface area (Å²) in [5, 5.41) is 14.4. The monoisotopic (exact) mass is 402 g/mol. The zero-order chi connectivity index (χ0) is 19.7. The Morgan fingerprint density at radius 2 is 1.96 bits per heavy atom. The average Bonchev–Trinajstić information content (AvgIpc) is 3.21. The highest BCUT2D eigenvalue weighted by molar-refractivity contribution is 6.30. The van der Waals surface area contributed by atoms with E-state index in [9.17, 15) is 0 Å². The first-order valence-electron chi connectivity index (χ1n) is 10.5. The Balaban J connectivity index is 1.52. The van der Waals surface area contributed by atoms with Crippen molar-refractivity contribution < 1.29 is 0 Å². The van der Waals surface area contributed by atoms with Gasteiger partial charge in [0.1, 0.15) is 5.82 Å². The van der Waals surface area contributed by atoms with Crippen LogP contribution in [0.25, 0.3) is 0 Å². The summed E-state index contributed by atoms with van der Waals surface area (Å²) in [5.74, 6) is 2.79. The topological polar surface area (TPSA) is 51.8 Å². The van der Waals surface area contributed by atoms with Crippen LogP contribution in [0.2, 0.25) is 5.02 Å². The molecule has 2 aliphatic rings. The smallest absolute Gasteiger partial charge is 0.227 e. The zero-order valence-corrected chi connectivity index (χ0v) is 17.8. The van der Waals surface area contributed by atoms with Crippen molar-refractivity contribution in [3.05, 3.63) is 35.9 Å². The molecule has 6 nitrogen and oxygen atoms in total. The Hall–Kier alpha value is -1.82.